The predicted octanol–water partition coefficient (Wildman–Crippen LogP) is -0.822. The van der Waals surface area contributed by atoms with Gasteiger partial charge in [-0.05, 0) is 0 Å². The first-order valence-electron chi connectivity index (χ1n) is 3.30. The fraction of sp³-hybridized carbons (Fsp3) is 0.667. The van der Waals surface area contributed by atoms with Crippen LogP contribution < -0.4 is 5.32 Å². The third kappa shape index (κ3) is 4.51. The lowest BCUT2D eigenvalue weighted by Gasteiger charge is -2.05. The summed E-state index contributed by atoms with van der Waals surface area (Å²) < 4.78 is 4.21. The van der Waals surface area contributed by atoms with E-state index in [4.69, 9.17) is 10.2 Å². The van der Waals surface area contributed by atoms with E-state index in [0.29, 0.717) is 0 Å². The van der Waals surface area contributed by atoms with Gasteiger partial charge in [-0.1, -0.05) is 0 Å². The third-order valence-corrected chi connectivity index (χ3v) is 1.16. The van der Waals surface area contributed by atoms with Crippen LogP contribution in [0, 0.1) is 0 Å². The first kappa shape index (κ1) is 10.7. The third-order valence-electron chi connectivity index (χ3n) is 1.16. The first-order valence-corrected chi connectivity index (χ1v) is 3.30. The van der Waals surface area contributed by atoms with E-state index in [1.807, 2.05) is 0 Å². The van der Waals surface area contributed by atoms with Crippen molar-refractivity contribution in [3.8, 4) is 0 Å². The Morgan fingerprint density at radius 3 is 2.58 bits per heavy atom. The molecule has 0 rings (SSSR count). The van der Waals surface area contributed by atoms with Gasteiger partial charge < -0.3 is 20.3 Å². The maximum atomic E-state index is 10.4. The Balaban J connectivity index is 3.43. The quantitative estimate of drug-likeness (QED) is 0.521. The van der Waals surface area contributed by atoms with E-state index in [2.05, 4.69) is 10.1 Å². The minimum Gasteiger partial charge on any atom is -0.479 e. The molecule has 0 fully saturated rings. The first-order chi connectivity index (χ1) is 5.57. The van der Waals surface area contributed by atoms with Crippen LogP contribution in [0.5, 0.6) is 0 Å². The van der Waals surface area contributed by atoms with Crippen LogP contribution in [0.3, 0.4) is 0 Å². The maximum Gasteiger partial charge on any atom is 0.406 e. The summed E-state index contributed by atoms with van der Waals surface area (Å²) in [5.74, 6) is -1.30. The van der Waals surface area contributed by atoms with Crippen LogP contribution in [0.1, 0.15) is 6.42 Å². The molecule has 0 aromatic rings. The van der Waals surface area contributed by atoms with Crippen molar-refractivity contribution in [2.24, 2.45) is 0 Å². The molecule has 6 heteroatoms. The summed E-state index contributed by atoms with van der Waals surface area (Å²) in [7, 11) is 1.20. The van der Waals surface area contributed by atoms with Gasteiger partial charge in [-0.3, -0.25) is 0 Å². The number of hydrogen-bond acceptors (Lipinski definition) is 4. The molecule has 1 atom stereocenters. The monoisotopic (exact) mass is 177 g/mol. The van der Waals surface area contributed by atoms with Crippen LogP contribution >= 0.6 is 0 Å². The molecule has 70 valence electrons. The summed E-state index contributed by atoms with van der Waals surface area (Å²) in [6.07, 6.45) is -2.13. The number of aliphatic carboxylic acids is 1. The molecule has 0 saturated carbocycles. The van der Waals surface area contributed by atoms with Crippen molar-refractivity contribution >= 4 is 12.1 Å². The number of aliphatic hydroxyl groups is 1. The van der Waals surface area contributed by atoms with Gasteiger partial charge in [0.25, 0.3) is 0 Å². The van der Waals surface area contributed by atoms with E-state index in [1.165, 1.54) is 7.11 Å². The van der Waals surface area contributed by atoms with E-state index >= 15 is 0 Å². The van der Waals surface area contributed by atoms with Crippen molar-refractivity contribution in [3.63, 3.8) is 0 Å². The molecular weight excluding hydrogens is 166 g/mol. The number of hydrogen-bond donors (Lipinski definition) is 3. The van der Waals surface area contributed by atoms with Gasteiger partial charge in [0.15, 0.2) is 6.10 Å². The number of ether oxygens (including phenoxy) is 1. The number of nitrogens with one attached hydrogen (secondary N) is 1. The Bertz CT molecular complexity index is 169. The van der Waals surface area contributed by atoms with Gasteiger partial charge in [0.1, 0.15) is 0 Å². The van der Waals surface area contributed by atoms with Crippen LogP contribution in [0.25, 0.3) is 0 Å². The van der Waals surface area contributed by atoms with Crippen LogP contribution in [-0.4, -0.2) is 42.0 Å². The molecule has 0 aromatic heterocycles. The highest BCUT2D eigenvalue weighted by molar-refractivity contribution is 5.72. The number of aliphatic hydroxyl groups excluding tert-OH is 1. The summed E-state index contributed by atoms with van der Waals surface area (Å²) in [5, 5.41) is 19.2. The molecule has 0 aliphatic heterocycles. The molecule has 0 saturated heterocycles. The van der Waals surface area contributed by atoms with Crippen LogP contribution in [0.4, 0.5) is 4.79 Å². The van der Waals surface area contributed by atoms with Crippen molar-refractivity contribution < 1.29 is 24.5 Å². The van der Waals surface area contributed by atoms with Crippen molar-refractivity contribution in [1.29, 1.82) is 0 Å². The molecule has 3 N–H and O–H groups in total. The van der Waals surface area contributed by atoms with Gasteiger partial charge in [-0.25, -0.2) is 9.59 Å². The highest BCUT2D eigenvalue weighted by Gasteiger charge is 2.12. The summed E-state index contributed by atoms with van der Waals surface area (Å²) >= 11 is 0. The molecule has 0 spiro atoms. The average Bonchev–Trinajstić information content (AvgIpc) is 2.03. The smallest absolute Gasteiger partial charge is 0.406 e. The number of rotatable bonds is 4. The number of methoxy groups -OCH3 is 1. The van der Waals surface area contributed by atoms with Gasteiger partial charge >= 0.3 is 12.1 Å². The lowest BCUT2D eigenvalue weighted by molar-refractivity contribution is -0.146. The molecule has 1 amide bonds. The Kier molecular flexibility index (Phi) is 4.78. The van der Waals surface area contributed by atoms with Gasteiger partial charge in [0.2, 0.25) is 0 Å². The van der Waals surface area contributed by atoms with E-state index in [0.717, 1.165) is 0 Å². The minimum absolute atomic E-state index is 0.0373. The van der Waals surface area contributed by atoms with Gasteiger partial charge in [-0.2, -0.15) is 0 Å². The molecule has 0 aromatic carbocycles. The molecular formula is C6H11NO5. The van der Waals surface area contributed by atoms with Crippen molar-refractivity contribution in [3.05, 3.63) is 0 Å². The van der Waals surface area contributed by atoms with Gasteiger partial charge in [-0.15, -0.1) is 0 Å². The Labute approximate surface area is 69.1 Å². The van der Waals surface area contributed by atoms with Gasteiger partial charge in [0, 0.05) is 13.0 Å². The predicted molar refractivity (Wildman–Crippen MR) is 38.7 cm³/mol. The van der Waals surface area contributed by atoms with Crippen LogP contribution in [0.2, 0.25) is 0 Å². The Hall–Kier alpha value is -1.30. The number of carbonyl (C=O) groups excluding carboxylic acids is 1. The summed E-state index contributed by atoms with van der Waals surface area (Å²) in [4.78, 5) is 20.5. The molecule has 6 nitrogen and oxygen atoms in total. The molecule has 0 aliphatic carbocycles. The van der Waals surface area contributed by atoms with Crippen LogP contribution in [0.15, 0.2) is 0 Å². The minimum atomic E-state index is -1.44. The lowest BCUT2D eigenvalue weighted by atomic mass is 10.2. The topological polar surface area (TPSA) is 95.9 Å². The highest BCUT2D eigenvalue weighted by atomic mass is 16.5. The fourth-order valence-electron chi connectivity index (χ4n) is 0.507. The largest absolute Gasteiger partial charge is 0.479 e. The average molecular weight is 177 g/mol. The molecule has 0 aliphatic rings. The normalized spacial score (nSPS) is 11.8. The molecule has 0 unspecified atom stereocenters. The second kappa shape index (κ2) is 5.36. The van der Waals surface area contributed by atoms with E-state index < -0.39 is 18.2 Å². The van der Waals surface area contributed by atoms with Gasteiger partial charge in [0.05, 0.1) is 7.11 Å². The maximum absolute atomic E-state index is 10.4. The molecule has 0 radical (unpaired) electrons. The van der Waals surface area contributed by atoms with Crippen molar-refractivity contribution in [2.45, 2.75) is 12.5 Å². The number of amides is 1. The lowest BCUT2D eigenvalue weighted by Crippen LogP contribution is -2.29. The standard InChI is InChI=1S/C6H11NO5/c1-12-6(11)7-3-2-4(8)5(9)10/h4,8H,2-3H2,1H3,(H,7,11)(H,9,10)/t4-/m0/s1. The van der Waals surface area contributed by atoms with Crippen molar-refractivity contribution in [1.82, 2.24) is 5.32 Å². The molecule has 12 heavy (non-hydrogen) atoms. The number of alkyl carbamates (subject to hydrolysis) is 1. The molecule has 0 bridgehead atoms. The Morgan fingerprint density at radius 1 is 1.58 bits per heavy atom. The Morgan fingerprint density at radius 2 is 2.17 bits per heavy atom. The molecule has 0 heterocycles. The van der Waals surface area contributed by atoms with E-state index in [-0.39, 0.29) is 13.0 Å². The summed E-state index contributed by atoms with van der Waals surface area (Å²) in [5.41, 5.74) is 0. The van der Waals surface area contributed by atoms with Crippen molar-refractivity contribution in [2.75, 3.05) is 13.7 Å². The number of carboxylic acids is 1. The zero-order valence-electron chi connectivity index (χ0n) is 6.61. The van der Waals surface area contributed by atoms with E-state index in [9.17, 15) is 9.59 Å². The van der Waals surface area contributed by atoms with Crippen LogP contribution in [-0.2, 0) is 9.53 Å². The number of carboxylic acid groups (broad SMARTS) is 1. The highest BCUT2D eigenvalue weighted by Crippen LogP contribution is 1.89. The second-order valence-corrected chi connectivity index (χ2v) is 2.06. The summed E-state index contributed by atoms with van der Waals surface area (Å²) in [6, 6.07) is 0. The summed E-state index contributed by atoms with van der Waals surface area (Å²) in [6.45, 7) is 0.0696. The fourth-order valence-corrected chi connectivity index (χ4v) is 0.507. The van der Waals surface area contributed by atoms with E-state index in [1.54, 1.807) is 0 Å². The second-order valence-electron chi connectivity index (χ2n) is 2.06. The number of carbonyl (C=O) groups is 2. The zero-order valence-corrected chi connectivity index (χ0v) is 6.61. The SMILES string of the molecule is COC(=O)NCC[C@H](O)C(=O)O. The zero-order chi connectivity index (χ0) is 9.56.